The van der Waals surface area contributed by atoms with E-state index in [2.05, 4.69) is 34.4 Å². The third-order valence-corrected chi connectivity index (χ3v) is 3.63. The number of nitrogens with zero attached hydrogens (tertiary/aromatic N) is 2. The molecular weight excluding hydrogens is 276 g/mol. The number of hydrogen-bond donors (Lipinski definition) is 4. The van der Waals surface area contributed by atoms with Gasteiger partial charge in [0.25, 0.3) is 0 Å². The fourth-order valence-electron chi connectivity index (χ4n) is 1.99. The Morgan fingerprint density at radius 1 is 0.955 bits per heavy atom. The van der Waals surface area contributed by atoms with E-state index in [4.69, 9.17) is 11.5 Å². The van der Waals surface area contributed by atoms with Crippen LogP contribution in [0.3, 0.4) is 0 Å². The fraction of sp³-hybridized carbons (Fsp3) is 0.500. The number of hydrogen-bond acceptors (Lipinski definition) is 6. The van der Waals surface area contributed by atoms with Crippen LogP contribution < -0.4 is 22.1 Å². The van der Waals surface area contributed by atoms with Crippen LogP contribution in [-0.2, 0) is 0 Å². The minimum absolute atomic E-state index is 0.378. The van der Waals surface area contributed by atoms with Gasteiger partial charge < -0.3 is 22.1 Å². The van der Waals surface area contributed by atoms with Gasteiger partial charge in [-0.2, -0.15) is 4.98 Å². The van der Waals surface area contributed by atoms with Crippen LogP contribution in [0.15, 0.2) is 24.3 Å². The van der Waals surface area contributed by atoms with Gasteiger partial charge in [-0.3, -0.25) is 0 Å². The molecule has 0 aliphatic heterocycles. The van der Waals surface area contributed by atoms with Gasteiger partial charge >= 0.3 is 0 Å². The lowest BCUT2D eigenvalue weighted by Crippen LogP contribution is -2.22. The lowest BCUT2D eigenvalue weighted by molar-refractivity contribution is 0.624. The van der Waals surface area contributed by atoms with Gasteiger partial charge in [-0.15, -0.1) is 0 Å². The molecular formula is C16H26N6. The Balaban J connectivity index is 2.23. The minimum Gasteiger partial charge on any atom is -0.369 e. The van der Waals surface area contributed by atoms with E-state index >= 15 is 0 Å². The Morgan fingerprint density at radius 2 is 1.59 bits per heavy atom. The molecule has 0 amide bonds. The van der Waals surface area contributed by atoms with Crippen LogP contribution in [0.5, 0.6) is 0 Å². The Labute approximate surface area is 131 Å². The molecule has 2 rings (SSSR count). The summed E-state index contributed by atoms with van der Waals surface area (Å²) in [5.74, 6) is 2.24. The number of rotatable bonds is 8. The predicted octanol–water partition coefficient (Wildman–Crippen LogP) is 1.64. The molecule has 0 fully saturated rings. The highest BCUT2D eigenvalue weighted by atomic mass is 15.1. The molecule has 0 radical (unpaired) electrons. The van der Waals surface area contributed by atoms with E-state index in [1.165, 1.54) is 0 Å². The molecule has 6 nitrogen and oxygen atoms in total. The highest BCUT2D eigenvalue weighted by molar-refractivity contribution is 5.90. The van der Waals surface area contributed by atoms with E-state index in [-0.39, 0.29) is 0 Å². The van der Waals surface area contributed by atoms with E-state index < -0.39 is 0 Å². The molecule has 0 saturated heterocycles. The zero-order valence-corrected chi connectivity index (χ0v) is 13.3. The molecule has 1 aromatic heterocycles. The molecule has 0 aliphatic rings. The van der Waals surface area contributed by atoms with Crippen molar-refractivity contribution in [3.63, 3.8) is 0 Å². The number of anilines is 2. The summed E-state index contributed by atoms with van der Waals surface area (Å²) in [5, 5.41) is 7.66. The van der Waals surface area contributed by atoms with Gasteiger partial charge in [-0.25, -0.2) is 4.98 Å². The molecule has 2 atom stereocenters. The molecule has 0 aliphatic carbocycles. The lowest BCUT2D eigenvalue weighted by atomic mass is 10.2. The predicted molar refractivity (Wildman–Crippen MR) is 93.0 cm³/mol. The number of para-hydroxylation sites is 1. The van der Waals surface area contributed by atoms with Crippen molar-refractivity contribution in [3.8, 4) is 0 Å². The van der Waals surface area contributed by atoms with E-state index in [1.807, 2.05) is 24.3 Å². The van der Waals surface area contributed by atoms with Crippen molar-refractivity contribution in [3.05, 3.63) is 24.3 Å². The molecule has 6 N–H and O–H groups in total. The number of aromatic nitrogens is 2. The molecule has 120 valence electrons. The molecule has 0 bridgehead atoms. The highest BCUT2D eigenvalue weighted by Crippen LogP contribution is 2.22. The second-order valence-corrected chi connectivity index (χ2v) is 5.86. The summed E-state index contributed by atoms with van der Waals surface area (Å²) in [6.45, 7) is 7.03. The molecule has 2 unspecified atom stereocenters. The molecule has 0 spiro atoms. The van der Waals surface area contributed by atoms with Crippen molar-refractivity contribution in [2.45, 2.75) is 13.8 Å². The lowest BCUT2D eigenvalue weighted by Gasteiger charge is -2.15. The zero-order valence-electron chi connectivity index (χ0n) is 13.3. The van der Waals surface area contributed by atoms with Gasteiger partial charge in [0.2, 0.25) is 5.95 Å². The first-order valence-electron chi connectivity index (χ1n) is 7.78. The first kappa shape index (κ1) is 16.5. The largest absolute Gasteiger partial charge is 0.369 e. The van der Waals surface area contributed by atoms with E-state index in [1.54, 1.807) is 0 Å². The Morgan fingerprint density at radius 3 is 2.27 bits per heavy atom. The normalized spacial score (nSPS) is 13.8. The monoisotopic (exact) mass is 302 g/mol. The molecule has 2 aromatic rings. The Kier molecular flexibility index (Phi) is 5.91. The fourth-order valence-corrected chi connectivity index (χ4v) is 1.99. The van der Waals surface area contributed by atoms with Crippen molar-refractivity contribution in [1.82, 2.24) is 9.97 Å². The summed E-state index contributed by atoms with van der Waals surface area (Å²) in [5.41, 5.74) is 12.2. The van der Waals surface area contributed by atoms with E-state index in [0.717, 1.165) is 29.8 Å². The second-order valence-electron chi connectivity index (χ2n) is 5.86. The summed E-state index contributed by atoms with van der Waals surface area (Å²) < 4.78 is 0. The highest BCUT2D eigenvalue weighted by Gasteiger charge is 2.09. The number of benzene rings is 1. The summed E-state index contributed by atoms with van der Waals surface area (Å²) in [6, 6.07) is 7.99. The number of fused-ring (bicyclic) bond motifs is 1. The average molecular weight is 302 g/mol. The van der Waals surface area contributed by atoms with Crippen LogP contribution in [0.1, 0.15) is 13.8 Å². The van der Waals surface area contributed by atoms with Crippen LogP contribution in [0.2, 0.25) is 0 Å². The molecule has 6 heteroatoms. The van der Waals surface area contributed by atoms with Crippen LogP contribution in [0.25, 0.3) is 10.9 Å². The summed E-state index contributed by atoms with van der Waals surface area (Å²) in [7, 11) is 0. The van der Waals surface area contributed by atoms with Crippen LogP contribution in [-0.4, -0.2) is 36.1 Å². The quantitative estimate of drug-likeness (QED) is 0.591. The SMILES string of the molecule is CC(CN)CNc1nc(NCC(C)CN)c2ccccc2n1. The van der Waals surface area contributed by atoms with Crippen LogP contribution >= 0.6 is 0 Å². The molecule has 1 aromatic carbocycles. The van der Waals surface area contributed by atoms with E-state index in [9.17, 15) is 0 Å². The summed E-state index contributed by atoms with van der Waals surface area (Å²) >= 11 is 0. The Hall–Kier alpha value is -1.92. The molecule has 0 saturated carbocycles. The zero-order chi connectivity index (χ0) is 15.9. The van der Waals surface area contributed by atoms with Crippen LogP contribution in [0.4, 0.5) is 11.8 Å². The second kappa shape index (κ2) is 7.91. The van der Waals surface area contributed by atoms with Gasteiger partial charge in [-0.1, -0.05) is 26.0 Å². The molecule has 22 heavy (non-hydrogen) atoms. The van der Waals surface area contributed by atoms with Gasteiger partial charge in [0.05, 0.1) is 5.52 Å². The summed E-state index contributed by atoms with van der Waals surface area (Å²) in [6.07, 6.45) is 0. The van der Waals surface area contributed by atoms with Gasteiger partial charge in [-0.05, 0) is 37.1 Å². The third-order valence-electron chi connectivity index (χ3n) is 3.63. The smallest absolute Gasteiger partial charge is 0.225 e. The van der Waals surface area contributed by atoms with E-state index in [0.29, 0.717) is 30.9 Å². The summed E-state index contributed by atoms with van der Waals surface area (Å²) in [4.78, 5) is 9.16. The first-order chi connectivity index (χ1) is 10.6. The maximum atomic E-state index is 5.68. The minimum atomic E-state index is 0.378. The maximum Gasteiger partial charge on any atom is 0.225 e. The van der Waals surface area contributed by atoms with Crippen molar-refractivity contribution in [2.75, 3.05) is 36.8 Å². The third kappa shape index (κ3) is 4.29. The average Bonchev–Trinajstić information content (AvgIpc) is 2.56. The van der Waals surface area contributed by atoms with Crippen molar-refractivity contribution in [1.29, 1.82) is 0 Å². The maximum absolute atomic E-state index is 5.68. The van der Waals surface area contributed by atoms with Crippen molar-refractivity contribution in [2.24, 2.45) is 23.3 Å². The first-order valence-corrected chi connectivity index (χ1v) is 7.78. The standard InChI is InChI=1S/C16H26N6/c1-11(7-17)9-19-15-13-5-3-4-6-14(13)21-16(22-15)20-10-12(2)8-18/h3-6,11-12H,7-10,17-18H2,1-2H3,(H2,19,20,21,22). The Bertz CT molecular complexity index is 600. The number of nitrogens with two attached hydrogens (primary N) is 2. The topological polar surface area (TPSA) is 102 Å². The van der Waals surface area contributed by atoms with Crippen molar-refractivity contribution < 1.29 is 0 Å². The molecule has 1 heterocycles. The van der Waals surface area contributed by atoms with Gasteiger partial charge in [0.1, 0.15) is 5.82 Å². The van der Waals surface area contributed by atoms with Gasteiger partial charge in [0.15, 0.2) is 0 Å². The number of nitrogens with one attached hydrogen (secondary N) is 2. The van der Waals surface area contributed by atoms with Crippen molar-refractivity contribution >= 4 is 22.7 Å². The van der Waals surface area contributed by atoms with Crippen LogP contribution in [0, 0.1) is 11.8 Å². The van der Waals surface area contributed by atoms with Gasteiger partial charge in [0, 0.05) is 18.5 Å².